The van der Waals surface area contributed by atoms with Gasteiger partial charge < -0.3 is 9.64 Å². The lowest BCUT2D eigenvalue weighted by Crippen LogP contribution is -2.49. The molecule has 3 unspecified atom stereocenters. The summed E-state index contributed by atoms with van der Waals surface area (Å²) in [5.74, 6) is 2.93. The summed E-state index contributed by atoms with van der Waals surface area (Å²) in [5, 5.41) is 2.84. The van der Waals surface area contributed by atoms with Crippen LogP contribution in [0.3, 0.4) is 0 Å². The Morgan fingerprint density at radius 2 is 2.00 bits per heavy atom. The van der Waals surface area contributed by atoms with E-state index < -0.39 is 5.60 Å². The first-order chi connectivity index (χ1) is 11.7. The van der Waals surface area contributed by atoms with Crippen molar-refractivity contribution in [3.05, 3.63) is 29.8 Å². The van der Waals surface area contributed by atoms with E-state index in [0.29, 0.717) is 0 Å². The molecule has 1 N–H and O–H groups in total. The van der Waals surface area contributed by atoms with E-state index in [-0.39, 0.29) is 6.09 Å². The van der Waals surface area contributed by atoms with E-state index in [9.17, 15) is 4.79 Å². The lowest BCUT2D eigenvalue weighted by Gasteiger charge is -2.45. The average molecular weight is 326 g/mol. The van der Waals surface area contributed by atoms with Crippen LogP contribution in [0.15, 0.2) is 24.3 Å². The number of hydrogen-bond donors (Lipinski definition) is 1. The molecular weight excluding hydrogens is 300 g/mol. The number of hydrogen-bond acceptors (Lipinski definition) is 3. The van der Waals surface area contributed by atoms with Crippen LogP contribution in [0.1, 0.15) is 44.1 Å². The van der Waals surface area contributed by atoms with Gasteiger partial charge in [0.2, 0.25) is 0 Å². The normalized spacial score (nSPS) is 34.0. The van der Waals surface area contributed by atoms with Crippen molar-refractivity contribution in [2.45, 2.75) is 44.1 Å². The van der Waals surface area contributed by atoms with E-state index in [0.717, 1.165) is 54.9 Å². The number of fused-ring (bicyclic) bond motifs is 4. The number of para-hydroxylation sites is 1. The maximum atomic E-state index is 12.0. The number of carbonyl (C=O) groups excluding carboxylic acids is 1. The van der Waals surface area contributed by atoms with E-state index in [1.54, 1.807) is 0 Å². The van der Waals surface area contributed by atoms with Crippen LogP contribution in [-0.4, -0.2) is 30.6 Å². The molecule has 1 amide bonds. The zero-order valence-corrected chi connectivity index (χ0v) is 14.2. The Morgan fingerprint density at radius 1 is 1.17 bits per heavy atom. The molecule has 128 valence electrons. The van der Waals surface area contributed by atoms with Gasteiger partial charge in [-0.2, -0.15) is 0 Å². The van der Waals surface area contributed by atoms with Gasteiger partial charge in [-0.05, 0) is 43.1 Å². The second-order valence-electron chi connectivity index (χ2n) is 8.29. The zero-order valence-electron chi connectivity index (χ0n) is 14.2. The monoisotopic (exact) mass is 326 g/mol. The standard InChI is InChI=1S/C20H26N2O2/c23-19-21-18-4-2-1-3-17(18)20(24-19)7-9-22(10-8-20)13-16-12-14-5-6-15(16)11-14/h1-4,14-16H,5-13H2,(H,21,23). The molecule has 2 heterocycles. The minimum atomic E-state index is -0.413. The molecule has 2 aliphatic carbocycles. The molecule has 3 atom stereocenters. The first kappa shape index (κ1) is 14.8. The summed E-state index contributed by atoms with van der Waals surface area (Å²) in [6.45, 7) is 3.33. The molecule has 4 heteroatoms. The topological polar surface area (TPSA) is 41.6 Å². The summed E-state index contributed by atoms with van der Waals surface area (Å²) in [4.78, 5) is 14.6. The molecule has 1 aromatic carbocycles. The quantitative estimate of drug-likeness (QED) is 0.894. The van der Waals surface area contributed by atoms with Gasteiger partial charge in [0.25, 0.3) is 0 Å². The minimum Gasteiger partial charge on any atom is -0.438 e. The second kappa shape index (κ2) is 5.48. The zero-order chi connectivity index (χ0) is 16.1. The molecule has 2 saturated carbocycles. The van der Waals surface area contributed by atoms with E-state index in [4.69, 9.17) is 4.74 Å². The van der Waals surface area contributed by atoms with Crippen LogP contribution in [0.25, 0.3) is 0 Å². The number of ether oxygens (including phenoxy) is 1. The molecule has 4 aliphatic rings. The number of likely N-dealkylation sites (tertiary alicyclic amines) is 1. The van der Waals surface area contributed by atoms with Gasteiger partial charge >= 0.3 is 6.09 Å². The highest BCUT2D eigenvalue weighted by atomic mass is 16.6. The van der Waals surface area contributed by atoms with Gasteiger partial charge in [0.15, 0.2) is 0 Å². The predicted molar refractivity (Wildman–Crippen MR) is 92.8 cm³/mol. The van der Waals surface area contributed by atoms with E-state index in [2.05, 4.69) is 16.3 Å². The van der Waals surface area contributed by atoms with Crippen molar-refractivity contribution in [2.75, 3.05) is 25.0 Å². The van der Waals surface area contributed by atoms with Gasteiger partial charge in [0.05, 0.1) is 5.69 Å². The largest absolute Gasteiger partial charge is 0.438 e. The first-order valence-corrected chi connectivity index (χ1v) is 9.54. The van der Waals surface area contributed by atoms with Gasteiger partial charge in [-0.3, -0.25) is 5.32 Å². The Hall–Kier alpha value is -1.55. The molecule has 2 aliphatic heterocycles. The van der Waals surface area contributed by atoms with Crippen molar-refractivity contribution in [3.8, 4) is 0 Å². The van der Waals surface area contributed by atoms with Gasteiger partial charge in [0, 0.05) is 38.0 Å². The average Bonchev–Trinajstić information content (AvgIpc) is 3.20. The summed E-state index contributed by atoms with van der Waals surface area (Å²) in [7, 11) is 0. The number of nitrogens with one attached hydrogen (secondary N) is 1. The summed E-state index contributed by atoms with van der Waals surface area (Å²) >= 11 is 0. The van der Waals surface area contributed by atoms with Crippen LogP contribution in [-0.2, 0) is 10.3 Å². The molecule has 4 nitrogen and oxygen atoms in total. The van der Waals surface area contributed by atoms with Crippen molar-refractivity contribution in [1.29, 1.82) is 0 Å². The first-order valence-electron chi connectivity index (χ1n) is 9.54. The number of piperidine rings is 1. The molecule has 3 fully saturated rings. The lowest BCUT2D eigenvalue weighted by atomic mass is 9.81. The van der Waals surface area contributed by atoms with Crippen molar-refractivity contribution in [1.82, 2.24) is 4.90 Å². The molecule has 24 heavy (non-hydrogen) atoms. The maximum absolute atomic E-state index is 12.0. The highest BCUT2D eigenvalue weighted by molar-refractivity contribution is 5.88. The second-order valence-corrected chi connectivity index (χ2v) is 8.29. The Morgan fingerprint density at radius 3 is 2.75 bits per heavy atom. The lowest BCUT2D eigenvalue weighted by molar-refractivity contribution is -0.0413. The fourth-order valence-corrected chi connectivity index (χ4v) is 5.76. The Kier molecular flexibility index (Phi) is 3.37. The third-order valence-corrected chi connectivity index (χ3v) is 6.98. The van der Waals surface area contributed by atoms with Crippen LogP contribution in [0.2, 0.25) is 0 Å². The van der Waals surface area contributed by atoms with Crippen LogP contribution < -0.4 is 5.32 Å². The van der Waals surface area contributed by atoms with Crippen LogP contribution in [0, 0.1) is 17.8 Å². The van der Waals surface area contributed by atoms with Crippen LogP contribution in [0.5, 0.6) is 0 Å². The number of carbonyl (C=O) groups is 1. The van der Waals surface area contributed by atoms with Gasteiger partial charge in [0.1, 0.15) is 5.60 Å². The summed E-state index contributed by atoms with van der Waals surface area (Å²) in [5.41, 5.74) is 1.67. The Labute approximate surface area is 143 Å². The number of anilines is 1. The van der Waals surface area contributed by atoms with E-state index in [1.165, 1.54) is 32.2 Å². The SMILES string of the molecule is O=C1Nc2ccccc2C2(CCN(CC3CC4CCC3C4)CC2)O1. The summed E-state index contributed by atoms with van der Waals surface area (Å²) < 4.78 is 5.83. The third kappa shape index (κ3) is 2.34. The number of benzene rings is 1. The maximum Gasteiger partial charge on any atom is 0.412 e. The number of amides is 1. The summed E-state index contributed by atoms with van der Waals surface area (Å²) in [6.07, 6.45) is 7.41. The number of nitrogens with zero attached hydrogens (tertiary/aromatic N) is 1. The van der Waals surface area contributed by atoms with Gasteiger partial charge in [-0.1, -0.05) is 24.6 Å². The molecule has 5 rings (SSSR count). The molecule has 1 saturated heterocycles. The molecule has 2 bridgehead atoms. The number of rotatable bonds is 2. The molecule has 0 radical (unpaired) electrons. The minimum absolute atomic E-state index is 0.296. The molecule has 1 aromatic rings. The van der Waals surface area contributed by atoms with E-state index in [1.807, 2.05) is 18.2 Å². The highest BCUT2D eigenvalue weighted by Gasteiger charge is 2.45. The highest BCUT2D eigenvalue weighted by Crippen LogP contribution is 2.49. The third-order valence-electron chi connectivity index (χ3n) is 6.98. The van der Waals surface area contributed by atoms with Crippen LogP contribution in [0.4, 0.5) is 10.5 Å². The Balaban J connectivity index is 1.29. The fourth-order valence-electron chi connectivity index (χ4n) is 5.76. The van der Waals surface area contributed by atoms with Crippen molar-refractivity contribution in [3.63, 3.8) is 0 Å². The molecule has 1 spiro atoms. The van der Waals surface area contributed by atoms with Crippen LogP contribution >= 0.6 is 0 Å². The van der Waals surface area contributed by atoms with Gasteiger partial charge in [-0.25, -0.2) is 4.79 Å². The van der Waals surface area contributed by atoms with E-state index >= 15 is 0 Å². The van der Waals surface area contributed by atoms with Crippen molar-refractivity contribution < 1.29 is 9.53 Å². The fraction of sp³-hybridized carbons (Fsp3) is 0.650. The van der Waals surface area contributed by atoms with Gasteiger partial charge in [-0.15, -0.1) is 0 Å². The predicted octanol–water partition coefficient (Wildman–Crippen LogP) is 3.98. The van der Waals surface area contributed by atoms with Crippen molar-refractivity contribution in [2.24, 2.45) is 17.8 Å². The smallest absolute Gasteiger partial charge is 0.412 e. The molecule has 0 aromatic heterocycles. The van der Waals surface area contributed by atoms with Crippen molar-refractivity contribution >= 4 is 11.8 Å². The molecular formula is C20H26N2O2. The Bertz CT molecular complexity index is 651. The summed E-state index contributed by atoms with van der Waals surface area (Å²) in [6, 6.07) is 8.12.